The molecule has 0 saturated carbocycles. The summed E-state index contributed by atoms with van der Waals surface area (Å²) in [5.41, 5.74) is 1.61. The van der Waals surface area contributed by atoms with E-state index < -0.39 is 5.97 Å². The second-order valence-corrected chi connectivity index (χ2v) is 4.43. The van der Waals surface area contributed by atoms with Crippen molar-refractivity contribution in [2.75, 3.05) is 31.1 Å². The third kappa shape index (κ3) is 2.26. The lowest BCUT2D eigenvalue weighted by molar-refractivity contribution is -0.0810. The van der Waals surface area contributed by atoms with E-state index in [0.717, 1.165) is 37.3 Å². The van der Waals surface area contributed by atoms with Gasteiger partial charge >= 0.3 is 5.97 Å². The highest BCUT2D eigenvalue weighted by molar-refractivity contribution is 5.93. The third-order valence-corrected chi connectivity index (χ3v) is 3.25. The number of fused-ring (bicyclic) bond motifs is 1. The molecular formula is C13H13FN2O3. The van der Waals surface area contributed by atoms with Crippen molar-refractivity contribution in [2.24, 2.45) is 0 Å². The van der Waals surface area contributed by atoms with Gasteiger partial charge < -0.3 is 14.6 Å². The number of halogens is 1. The molecule has 0 spiro atoms. The Morgan fingerprint density at radius 3 is 2.84 bits per heavy atom. The van der Waals surface area contributed by atoms with Gasteiger partial charge in [-0.1, -0.05) is 0 Å². The van der Waals surface area contributed by atoms with Crippen molar-refractivity contribution in [3.63, 3.8) is 0 Å². The van der Waals surface area contributed by atoms with Crippen LogP contribution in [0.3, 0.4) is 0 Å². The Kier molecular flexibility index (Phi) is 3.08. The number of benzene rings is 1. The van der Waals surface area contributed by atoms with Gasteiger partial charge in [0.05, 0.1) is 0 Å². The quantitative estimate of drug-likeness (QED) is 0.897. The van der Waals surface area contributed by atoms with Crippen molar-refractivity contribution in [2.45, 2.75) is 0 Å². The van der Waals surface area contributed by atoms with Crippen molar-refractivity contribution in [1.29, 1.82) is 0 Å². The molecule has 1 N–H and O–H groups in total. The minimum absolute atomic E-state index is 0.130. The highest BCUT2D eigenvalue weighted by Crippen LogP contribution is 2.25. The number of carbonyl (C=O) groups excluding carboxylic acids is 1. The van der Waals surface area contributed by atoms with Crippen LogP contribution in [0.15, 0.2) is 28.7 Å². The molecule has 100 valence electrons. The molecule has 0 atom stereocenters. The van der Waals surface area contributed by atoms with E-state index in [4.69, 9.17) is 4.42 Å². The monoisotopic (exact) mass is 264 g/mol. The fourth-order valence-electron chi connectivity index (χ4n) is 2.29. The molecule has 0 bridgehead atoms. The topological polar surface area (TPSA) is 54.7 Å². The first kappa shape index (κ1) is 12.0. The molecule has 0 radical (unpaired) electrons. The van der Waals surface area contributed by atoms with Gasteiger partial charge in [0.1, 0.15) is 5.58 Å². The predicted molar refractivity (Wildman–Crippen MR) is 67.8 cm³/mol. The van der Waals surface area contributed by atoms with Crippen molar-refractivity contribution < 1.29 is 18.7 Å². The Balaban J connectivity index is 1.93. The molecule has 0 aliphatic carbocycles. The molecule has 5 nitrogen and oxygen atoms in total. The first-order valence-corrected chi connectivity index (χ1v) is 6.10. The van der Waals surface area contributed by atoms with E-state index in [2.05, 4.69) is 15.2 Å². The van der Waals surface area contributed by atoms with Gasteiger partial charge in [-0.15, -0.1) is 0 Å². The Hall–Kier alpha value is -2.08. The minimum Gasteiger partial charge on any atom is -0.449 e. The third-order valence-electron chi connectivity index (χ3n) is 3.25. The van der Waals surface area contributed by atoms with Crippen LogP contribution in [-0.4, -0.2) is 32.1 Å². The maximum absolute atomic E-state index is 11.8. The fraction of sp³-hybridized carbons (Fsp3) is 0.308. The van der Waals surface area contributed by atoms with E-state index in [9.17, 15) is 9.32 Å². The van der Waals surface area contributed by atoms with Crippen molar-refractivity contribution >= 4 is 22.6 Å². The average Bonchev–Trinajstić information content (AvgIpc) is 2.90. The number of anilines is 1. The lowest BCUT2D eigenvalue weighted by atomic mass is 10.2. The van der Waals surface area contributed by atoms with E-state index in [1.54, 1.807) is 6.07 Å². The number of furan rings is 1. The molecule has 1 aromatic heterocycles. The standard InChI is InChI=1S/C13H13FN2O3/c14-19-13(17)12-8-9-7-10(1-2-11(9)18-12)16-5-3-15-4-6-16/h1-2,7-8,15H,3-6H2. The number of piperazine rings is 1. The van der Waals surface area contributed by atoms with Crippen LogP contribution in [0, 0.1) is 0 Å². The largest absolute Gasteiger partial charge is 0.449 e. The molecule has 2 heterocycles. The summed E-state index contributed by atoms with van der Waals surface area (Å²) in [6.07, 6.45) is 0. The number of hydrogen-bond donors (Lipinski definition) is 1. The van der Waals surface area contributed by atoms with E-state index in [0.29, 0.717) is 5.58 Å². The summed E-state index contributed by atoms with van der Waals surface area (Å²) in [6, 6.07) is 7.13. The SMILES string of the molecule is O=C(OF)c1cc2cc(N3CCNCC3)ccc2o1. The van der Waals surface area contributed by atoms with Gasteiger partial charge in [-0.05, 0) is 24.3 Å². The lowest BCUT2D eigenvalue weighted by Gasteiger charge is -2.29. The summed E-state index contributed by atoms with van der Waals surface area (Å²) >= 11 is 0. The van der Waals surface area contributed by atoms with Gasteiger partial charge in [0.2, 0.25) is 5.76 Å². The van der Waals surface area contributed by atoms with Gasteiger partial charge in [0.15, 0.2) is 0 Å². The van der Waals surface area contributed by atoms with E-state index in [1.165, 1.54) is 6.07 Å². The summed E-state index contributed by atoms with van der Waals surface area (Å²) in [5.74, 6) is -1.24. The van der Waals surface area contributed by atoms with Gasteiger partial charge in [0.25, 0.3) is 0 Å². The average molecular weight is 264 g/mol. The summed E-state index contributed by atoms with van der Waals surface area (Å²) in [6.45, 7) is 3.76. The lowest BCUT2D eigenvalue weighted by Crippen LogP contribution is -2.43. The number of hydrogen-bond acceptors (Lipinski definition) is 5. The highest BCUT2D eigenvalue weighted by Gasteiger charge is 2.16. The number of rotatable bonds is 2. The minimum atomic E-state index is -1.11. The maximum Gasteiger partial charge on any atom is 0.414 e. The molecular weight excluding hydrogens is 251 g/mol. The van der Waals surface area contributed by atoms with E-state index >= 15 is 0 Å². The summed E-state index contributed by atoms with van der Waals surface area (Å²) in [5, 5.41) is 4.05. The summed E-state index contributed by atoms with van der Waals surface area (Å²) < 4.78 is 17.1. The molecule has 19 heavy (non-hydrogen) atoms. The molecule has 0 unspecified atom stereocenters. The van der Waals surface area contributed by atoms with Gasteiger partial charge in [-0.3, -0.25) is 0 Å². The molecule has 1 aliphatic heterocycles. The van der Waals surface area contributed by atoms with Crippen LogP contribution in [0.1, 0.15) is 10.6 Å². The second kappa shape index (κ2) is 4.89. The van der Waals surface area contributed by atoms with Crippen LogP contribution in [-0.2, 0) is 4.94 Å². The van der Waals surface area contributed by atoms with Gasteiger partial charge in [-0.2, -0.15) is 0 Å². The molecule has 3 rings (SSSR count). The normalized spacial score (nSPS) is 15.7. The van der Waals surface area contributed by atoms with Crippen LogP contribution >= 0.6 is 0 Å². The number of carbonyl (C=O) groups is 1. The van der Waals surface area contributed by atoms with E-state index in [-0.39, 0.29) is 5.76 Å². The Bertz CT molecular complexity index is 605. The molecule has 1 aromatic carbocycles. The molecule has 1 saturated heterocycles. The molecule has 1 aliphatic rings. The molecule has 1 fully saturated rings. The van der Waals surface area contributed by atoms with Gasteiger partial charge in [-0.25, -0.2) is 9.74 Å². The number of nitrogens with zero attached hydrogens (tertiary/aromatic N) is 1. The Morgan fingerprint density at radius 1 is 1.32 bits per heavy atom. The first-order valence-electron chi connectivity index (χ1n) is 6.10. The van der Waals surface area contributed by atoms with E-state index in [1.807, 2.05) is 12.1 Å². The smallest absolute Gasteiger partial charge is 0.414 e. The maximum atomic E-state index is 11.8. The summed E-state index contributed by atoms with van der Waals surface area (Å²) in [7, 11) is 0. The second-order valence-electron chi connectivity index (χ2n) is 4.43. The molecule has 2 aromatic rings. The Labute approximate surface area is 108 Å². The highest BCUT2D eigenvalue weighted by atomic mass is 19.3. The fourth-order valence-corrected chi connectivity index (χ4v) is 2.29. The van der Waals surface area contributed by atoms with Crippen molar-refractivity contribution in [3.05, 3.63) is 30.0 Å². The molecule has 0 amide bonds. The van der Waals surface area contributed by atoms with Crippen LogP contribution in [0.2, 0.25) is 0 Å². The zero-order chi connectivity index (χ0) is 13.2. The van der Waals surface area contributed by atoms with Crippen LogP contribution in [0.25, 0.3) is 11.0 Å². The molecule has 6 heteroatoms. The zero-order valence-corrected chi connectivity index (χ0v) is 10.2. The van der Waals surface area contributed by atoms with Crippen LogP contribution in [0.4, 0.5) is 10.2 Å². The number of nitrogens with one attached hydrogen (secondary N) is 1. The van der Waals surface area contributed by atoms with Gasteiger partial charge in [0, 0.05) is 41.8 Å². The summed E-state index contributed by atoms with van der Waals surface area (Å²) in [4.78, 5) is 16.5. The van der Waals surface area contributed by atoms with Crippen LogP contribution < -0.4 is 10.2 Å². The Morgan fingerprint density at radius 2 is 2.11 bits per heavy atom. The van der Waals surface area contributed by atoms with Crippen LogP contribution in [0.5, 0.6) is 0 Å². The van der Waals surface area contributed by atoms with Crippen molar-refractivity contribution in [3.8, 4) is 0 Å². The van der Waals surface area contributed by atoms with Crippen molar-refractivity contribution in [1.82, 2.24) is 5.32 Å². The first-order chi connectivity index (χ1) is 9.28. The zero-order valence-electron chi connectivity index (χ0n) is 10.2. The predicted octanol–water partition coefficient (Wildman–Crippen LogP) is 1.88.